The molecule has 1 aliphatic carbocycles. The van der Waals surface area contributed by atoms with E-state index in [1.807, 2.05) is 0 Å². The first-order valence-corrected chi connectivity index (χ1v) is 6.58. The fraction of sp³-hybridized carbons (Fsp3) is 0.923. The van der Waals surface area contributed by atoms with Crippen LogP contribution >= 0.6 is 0 Å². The number of rotatable bonds is 3. The van der Waals surface area contributed by atoms with Crippen molar-refractivity contribution < 1.29 is 9.90 Å². The van der Waals surface area contributed by atoms with E-state index in [-0.39, 0.29) is 12.5 Å². The molecule has 0 amide bonds. The molecule has 2 aliphatic rings. The van der Waals surface area contributed by atoms with Crippen LogP contribution in [0.25, 0.3) is 0 Å². The third-order valence-electron chi connectivity index (χ3n) is 4.19. The summed E-state index contributed by atoms with van der Waals surface area (Å²) in [6.07, 6.45) is 5.14. The average Bonchev–Trinajstić information content (AvgIpc) is 2.71. The topological polar surface area (TPSA) is 40.5 Å². The molecule has 0 aromatic carbocycles. The smallest absolute Gasteiger partial charge is 0.137 e. The van der Waals surface area contributed by atoms with Crippen LogP contribution in [0.2, 0.25) is 0 Å². The van der Waals surface area contributed by atoms with Crippen LogP contribution in [-0.4, -0.2) is 41.5 Å². The molecule has 92 valence electrons. The van der Waals surface area contributed by atoms with Crippen LogP contribution < -0.4 is 0 Å². The molecule has 0 aromatic heterocycles. The minimum atomic E-state index is 0.232. The molecule has 3 atom stereocenters. The monoisotopic (exact) mass is 225 g/mol. The molecule has 1 saturated heterocycles. The second-order valence-electron chi connectivity index (χ2n) is 5.52. The van der Waals surface area contributed by atoms with E-state index in [4.69, 9.17) is 0 Å². The number of nitrogens with zero attached hydrogens (tertiary/aromatic N) is 1. The molecule has 2 rings (SSSR count). The summed E-state index contributed by atoms with van der Waals surface area (Å²) in [5.74, 6) is 1.37. The van der Waals surface area contributed by atoms with Crippen LogP contribution in [-0.2, 0) is 4.79 Å². The van der Waals surface area contributed by atoms with E-state index < -0.39 is 0 Å². The van der Waals surface area contributed by atoms with Gasteiger partial charge in [0.15, 0.2) is 0 Å². The number of likely N-dealkylation sites (tertiary alicyclic amines) is 1. The first-order chi connectivity index (χ1) is 7.70. The molecule has 1 heterocycles. The van der Waals surface area contributed by atoms with Crippen LogP contribution in [0.15, 0.2) is 0 Å². The van der Waals surface area contributed by atoms with E-state index >= 15 is 0 Å². The van der Waals surface area contributed by atoms with Crippen molar-refractivity contribution in [2.75, 3.05) is 19.7 Å². The van der Waals surface area contributed by atoms with Crippen molar-refractivity contribution in [1.82, 2.24) is 4.90 Å². The van der Waals surface area contributed by atoms with Gasteiger partial charge in [0, 0.05) is 24.9 Å². The zero-order valence-corrected chi connectivity index (χ0v) is 10.2. The van der Waals surface area contributed by atoms with Crippen molar-refractivity contribution in [2.45, 2.75) is 45.1 Å². The van der Waals surface area contributed by atoms with Gasteiger partial charge in [-0.3, -0.25) is 9.69 Å². The number of hydrogen-bond acceptors (Lipinski definition) is 3. The molecule has 1 N–H and O–H groups in total. The minimum absolute atomic E-state index is 0.232. The van der Waals surface area contributed by atoms with Gasteiger partial charge in [0.2, 0.25) is 0 Å². The number of hydrogen-bond donors (Lipinski definition) is 1. The fourth-order valence-electron chi connectivity index (χ4n) is 3.13. The first-order valence-electron chi connectivity index (χ1n) is 6.58. The number of aliphatic hydroxyl groups is 1. The lowest BCUT2D eigenvalue weighted by Crippen LogP contribution is -2.40. The van der Waals surface area contributed by atoms with E-state index in [9.17, 15) is 9.90 Å². The van der Waals surface area contributed by atoms with Crippen LogP contribution in [0.5, 0.6) is 0 Å². The predicted octanol–water partition coefficient (Wildman–Crippen LogP) is 1.45. The first kappa shape index (κ1) is 12.1. The Morgan fingerprint density at radius 3 is 3.00 bits per heavy atom. The molecule has 1 saturated carbocycles. The largest absolute Gasteiger partial charge is 0.395 e. The van der Waals surface area contributed by atoms with E-state index in [0.29, 0.717) is 17.7 Å². The highest BCUT2D eigenvalue weighted by atomic mass is 16.3. The molecule has 3 unspecified atom stereocenters. The Morgan fingerprint density at radius 1 is 1.44 bits per heavy atom. The molecule has 0 radical (unpaired) electrons. The van der Waals surface area contributed by atoms with Crippen LogP contribution in [0.1, 0.15) is 39.0 Å². The van der Waals surface area contributed by atoms with E-state index in [1.54, 1.807) is 0 Å². The Labute approximate surface area is 97.8 Å². The number of Topliss-reactive ketones (excluding diaryl/α,β-unsaturated/α-hetero) is 1. The molecule has 0 aromatic rings. The maximum atomic E-state index is 11.8. The van der Waals surface area contributed by atoms with Gasteiger partial charge in [0.1, 0.15) is 5.78 Å². The number of ketones is 1. The number of aliphatic hydroxyl groups excluding tert-OH is 1. The van der Waals surface area contributed by atoms with Gasteiger partial charge < -0.3 is 5.11 Å². The Balaban J connectivity index is 1.89. The third-order valence-corrected chi connectivity index (χ3v) is 4.19. The highest BCUT2D eigenvalue weighted by Gasteiger charge is 2.31. The Bertz CT molecular complexity index is 254. The van der Waals surface area contributed by atoms with Gasteiger partial charge >= 0.3 is 0 Å². The summed E-state index contributed by atoms with van der Waals surface area (Å²) in [5, 5.41) is 9.26. The Hall–Kier alpha value is -0.410. The zero-order valence-electron chi connectivity index (χ0n) is 10.2. The summed E-state index contributed by atoms with van der Waals surface area (Å²) < 4.78 is 0. The predicted molar refractivity (Wildman–Crippen MR) is 63.2 cm³/mol. The van der Waals surface area contributed by atoms with E-state index in [2.05, 4.69) is 11.8 Å². The molecule has 3 nitrogen and oxygen atoms in total. The van der Waals surface area contributed by atoms with E-state index in [0.717, 1.165) is 38.8 Å². The van der Waals surface area contributed by atoms with Crippen molar-refractivity contribution in [3.63, 3.8) is 0 Å². The lowest BCUT2D eigenvalue weighted by molar-refractivity contribution is -0.126. The van der Waals surface area contributed by atoms with Crippen molar-refractivity contribution in [3.8, 4) is 0 Å². The van der Waals surface area contributed by atoms with Gasteiger partial charge in [-0.05, 0) is 38.1 Å². The summed E-state index contributed by atoms with van der Waals surface area (Å²) >= 11 is 0. The average molecular weight is 225 g/mol. The van der Waals surface area contributed by atoms with Gasteiger partial charge in [-0.25, -0.2) is 0 Å². The second-order valence-corrected chi connectivity index (χ2v) is 5.52. The van der Waals surface area contributed by atoms with Crippen LogP contribution in [0, 0.1) is 11.8 Å². The van der Waals surface area contributed by atoms with Crippen molar-refractivity contribution in [2.24, 2.45) is 11.8 Å². The van der Waals surface area contributed by atoms with Gasteiger partial charge in [-0.15, -0.1) is 0 Å². The maximum Gasteiger partial charge on any atom is 0.137 e. The molecule has 2 fully saturated rings. The van der Waals surface area contributed by atoms with Gasteiger partial charge in [0.25, 0.3) is 0 Å². The summed E-state index contributed by atoms with van der Waals surface area (Å²) in [7, 11) is 0. The highest BCUT2D eigenvalue weighted by molar-refractivity contribution is 5.81. The van der Waals surface area contributed by atoms with Crippen LogP contribution in [0.4, 0.5) is 0 Å². The lowest BCUT2D eigenvalue weighted by atomic mass is 9.81. The fourth-order valence-corrected chi connectivity index (χ4v) is 3.13. The molecule has 1 aliphatic heterocycles. The van der Waals surface area contributed by atoms with Crippen molar-refractivity contribution in [1.29, 1.82) is 0 Å². The summed E-state index contributed by atoms with van der Waals surface area (Å²) in [6.45, 7) is 4.43. The number of carbonyl (C=O) groups excluding carboxylic acids is 1. The van der Waals surface area contributed by atoms with Crippen LogP contribution in [0.3, 0.4) is 0 Å². The summed E-state index contributed by atoms with van der Waals surface area (Å²) in [5.41, 5.74) is 0. The van der Waals surface area contributed by atoms with Gasteiger partial charge in [0.05, 0.1) is 6.61 Å². The third kappa shape index (κ3) is 2.64. The van der Waals surface area contributed by atoms with Crippen molar-refractivity contribution >= 4 is 5.78 Å². The quantitative estimate of drug-likeness (QED) is 0.790. The SMILES string of the molecule is CC1CCC(=O)C(CN2CCCC2CO)C1. The molecular formula is C13H23NO2. The Kier molecular flexibility index (Phi) is 3.98. The minimum Gasteiger partial charge on any atom is -0.395 e. The molecule has 16 heavy (non-hydrogen) atoms. The second kappa shape index (κ2) is 5.28. The van der Waals surface area contributed by atoms with Crippen molar-refractivity contribution in [3.05, 3.63) is 0 Å². The molecule has 0 spiro atoms. The summed E-state index contributed by atoms with van der Waals surface area (Å²) in [6, 6.07) is 0.310. The number of carbonyl (C=O) groups is 1. The Morgan fingerprint density at radius 2 is 2.25 bits per heavy atom. The van der Waals surface area contributed by atoms with Gasteiger partial charge in [-0.1, -0.05) is 6.92 Å². The normalized spacial score (nSPS) is 36.9. The summed E-state index contributed by atoms with van der Waals surface area (Å²) in [4.78, 5) is 14.2. The van der Waals surface area contributed by atoms with Gasteiger partial charge in [-0.2, -0.15) is 0 Å². The molecule has 0 bridgehead atoms. The highest BCUT2D eigenvalue weighted by Crippen LogP contribution is 2.28. The standard InChI is InChI=1S/C13H23NO2/c1-10-4-5-13(16)11(7-10)8-14-6-2-3-12(14)9-15/h10-12,15H,2-9H2,1H3. The zero-order chi connectivity index (χ0) is 11.5. The maximum absolute atomic E-state index is 11.8. The molecule has 3 heteroatoms. The van der Waals surface area contributed by atoms with E-state index in [1.165, 1.54) is 6.42 Å². The molecular weight excluding hydrogens is 202 g/mol. The lowest BCUT2D eigenvalue weighted by Gasteiger charge is -2.31.